The summed E-state index contributed by atoms with van der Waals surface area (Å²) in [5.41, 5.74) is 3.94. The monoisotopic (exact) mass is 393 g/mol. The van der Waals surface area contributed by atoms with E-state index < -0.39 is 0 Å². The average Bonchev–Trinajstić information content (AvgIpc) is 3.25. The van der Waals surface area contributed by atoms with Crippen molar-refractivity contribution in [2.24, 2.45) is 4.99 Å². The number of anilines is 1. The molecular formula is C24H35N5. The van der Waals surface area contributed by atoms with Gasteiger partial charge in [0.15, 0.2) is 5.96 Å². The maximum absolute atomic E-state index is 4.41. The van der Waals surface area contributed by atoms with Gasteiger partial charge in [-0.1, -0.05) is 56.3 Å². The molecular weight excluding hydrogens is 358 g/mol. The lowest BCUT2D eigenvalue weighted by Gasteiger charge is -2.20. The Bertz CT molecular complexity index is 753. The van der Waals surface area contributed by atoms with Crippen LogP contribution in [0.25, 0.3) is 0 Å². The molecule has 0 bridgehead atoms. The largest absolute Gasteiger partial charge is 0.369 e. The van der Waals surface area contributed by atoms with Crippen molar-refractivity contribution < 1.29 is 0 Å². The molecule has 2 aromatic rings. The molecule has 2 aromatic carbocycles. The lowest BCUT2D eigenvalue weighted by Crippen LogP contribution is -2.44. The highest BCUT2D eigenvalue weighted by molar-refractivity contribution is 5.80. The summed E-state index contributed by atoms with van der Waals surface area (Å²) in [6, 6.07) is 19.9. The Labute approximate surface area is 175 Å². The van der Waals surface area contributed by atoms with Gasteiger partial charge in [0, 0.05) is 45.0 Å². The SMILES string of the molecule is CCN(CC)Cc1ccc(CNC(=NC)NC2CCN(c3ccccc3)C2)cc1. The molecule has 1 unspecified atom stereocenters. The summed E-state index contributed by atoms with van der Waals surface area (Å²) >= 11 is 0. The molecule has 0 amide bonds. The van der Waals surface area contributed by atoms with Gasteiger partial charge in [-0.05, 0) is 42.8 Å². The van der Waals surface area contributed by atoms with Crippen molar-refractivity contribution in [1.82, 2.24) is 15.5 Å². The van der Waals surface area contributed by atoms with Crippen LogP contribution in [-0.4, -0.2) is 50.1 Å². The first kappa shape index (κ1) is 21.2. The van der Waals surface area contributed by atoms with Crippen LogP contribution in [0, 0.1) is 0 Å². The van der Waals surface area contributed by atoms with Crippen molar-refractivity contribution in [3.8, 4) is 0 Å². The van der Waals surface area contributed by atoms with E-state index in [4.69, 9.17) is 0 Å². The van der Waals surface area contributed by atoms with E-state index >= 15 is 0 Å². The molecule has 0 aliphatic carbocycles. The van der Waals surface area contributed by atoms with Gasteiger partial charge in [0.1, 0.15) is 0 Å². The maximum atomic E-state index is 4.41. The molecule has 0 spiro atoms. The molecule has 1 fully saturated rings. The fourth-order valence-corrected chi connectivity index (χ4v) is 3.79. The van der Waals surface area contributed by atoms with E-state index in [0.29, 0.717) is 6.04 Å². The predicted octanol–water partition coefficient (Wildman–Crippen LogP) is 3.47. The molecule has 3 rings (SSSR count). The predicted molar refractivity (Wildman–Crippen MR) is 123 cm³/mol. The van der Waals surface area contributed by atoms with Crippen molar-refractivity contribution in [2.75, 3.05) is 38.1 Å². The number of para-hydroxylation sites is 1. The summed E-state index contributed by atoms with van der Waals surface area (Å²) < 4.78 is 0. The van der Waals surface area contributed by atoms with E-state index in [1.165, 1.54) is 16.8 Å². The highest BCUT2D eigenvalue weighted by atomic mass is 15.2. The van der Waals surface area contributed by atoms with Gasteiger partial charge in [-0.2, -0.15) is 0 Å². The summed E-state index contributed by atoms with van der Waals surface area (Å²) in [4.78, 5) is 9.27. The number of hydrogen-bond acceptors (Lipinski definition) is 3. The van der Waals surface area contributed by atoms with E-state index in [1.54, 1.807) is 0 Å². The molecule has 1 atom stereocenters. The first-order chi connectivity index (χ1) is 14.2. The minimum atomic E-state index is 0.415. The normalized spacial score (nSPS) is 17.0. The van der Waals surface area contributed by atoms with Crippen LogP contribution in [0.2, 0.25) is 0 Å². The van der Waals surface area contributed by atoms with Gasteiger partial charge in [-0.3, -0.25) is 9.89 Å². The molecule has 0 radical (unpaired) electrons. The zero-order valence-corrected chi connectivity index (χ0v) is 18.1. The number of rotatable bonds is 8. The van der Waals surface area contributed by atoms with Crippen molar-refractivity contribution in [1.29, 1.82) is 0 Å². The van der Waals surface area contributed by atoms with Gasteiger partial charge in [0.2, 0.25) is 0 Å². The van der Waals surface area contributed by atoms with Crippen molar-refractivity contribution in [3.05, 3.63) is 65.7 Å². The van der Waals surface area contributed by atoms with Crippen molar-refractivity contribution in [3.63, 3.8) is 0 Å². The van der Waals surface area contributed by atoms with Crippen molar-refractivity contribution in [2.45, 2.75) is 39.4 Å². The number of benzene rings is 2. The van der Waals surface area contributed by atoms with E-state index in [2.05, 4.69) is 93.9 Å². The molecule has 156 valence electrons. The molecule has 5 heteroatoms. The second-order valence-corrected chi connectivity index (χ2v) is 7.62. The number of nitrogens with one attached hydrogen (secondary N) is 2. The fourth-order valence-electron chi connectivity index (χ4n) is 3.79. The molecule has 2 N–H and O–H groups in total. The highest BCUT2D eigenvalue weighted by Crippen LogP contribution is 2.19. The Morgan fingerprint density at radius 1 is 1.03 bits per heavy atom. The van der Waals surface area contributed by atoms with Crippen LogP contribution in [0.3, 0.4) is 0 Å². The van der Waals surface area contributed by atoms with E-state index in [1.807, 2.05) is 7.05 Å². The number of nitrogens with zero attached hydrogens (tertiary/aromatic N) is 3. The van der Waals surface area contributed by atoms with E-state index in [0.717, 1.165) is 51.6 Å². The van der Waals surface area contributed by atoms with Gasteiger partial charge in [0.25, 0.3) is 0 Å². The summed E-state index contributed by atoms with van der Waals surface area (Å²) in [6.45, 7) is 10.5. The quantitative estimate of drug-likeness (QED) is 0.532. The van der Waals surface area contributed by atoms with Gasteiger partial charge >= 0.3 is 0 Å². The summed E-state index contributed by atoms with van der Waals surface area (Å²) in [7, 11) is 1.84. The smallest absolute Gasteiger partial charge is 0.191 e. The first-order valence-corrected chi connectivity index (χ1v) is 10.8. The standard InChI is InChI=1S/C24H35N5/c1-4-28(5-2)18-21-13-11-20(12-14-21)17-26-24(25-3)27-22-15-16-29(19-22)23-9-7-6-8-10-23/h6-14,22H,4-5,15-19H2,1-3H3,(H2,25,26,27). The second-order valence-electron chi connectivity index (χ2n) is 7.62. The minimum absolute atomic E-state index is 0.415. The molecule has 1 heterocycles. The first-order valence-electron chi connectivity index (χ1n) is 10.8. The zero-order valence-electron chi connectivity index (χ0n) is 18.1. The molecule has 0 saturated carbocycles. The van der Waals surface area contributed by atoms with Crippen LogP contribution in [0.4, 0.5) is 5.69 Å². The second kappa shape index (κ2) is 10.9. The fraction of sp³-hybridized carbons (Fsp3) is 0.458. The molecule has 1 aliphatic heterocycles. The molecule has 29 heavy (non-hydrogen) atoms. The van der Waals surface area contributed by atoms with Crippen LogP contribution in [0.15, 0.2) is 59.6 Å². The van der Waals surface area contributed by atoms with E-state index in [-0.39, 0.29) is 0 Å². The van der Waals surface area contributed by atoms with Crippen LogP contribution < -0.4 is 15.5 Å². The third-order valence-electron chi connectivity index (χ3n) is 5.66. The van der Waals surface area contributed by atoms with Gasteiger partial charge in [-0.25, -0.2) is 0 Å². The average molecular weight is 394 g/mol. The number of guanidine groups is 1. The Morgan fingerprint density at radius 2 is 1.72 bits per heavy atom. The van der Waals surface area contributed by atoms with Crippen LogP contribution in [0.1, 0.15) is 31.4 Å². The topological polar surface area (TPSA) is 42.9 Å². The molecule has 1 saturated heterocycles. The third kappa shape index (κ3) is 6.23. The lowest BCUT2D eigenvalue weighted by atomic mass is 10.1. The Morgan fingerprint density at radius 3 is 2.38 bits per heavy atom. The molecule has 5 nitrogen and oxygen atoms in total. The molecule has 1 aliphatic rings. The lowest BCUT2D eigenvalue weighted by molar-refractivity contribution is 0.296. The van der Waals surface area contributed by atoms with Gasteiger partial charge < -0.3 is 15.5 Å². The summed E-state index contributed by atoms with van der Waals surface area (Å²) in [5.74, 6) is 0.872. The van der Waals surface area contributed by atoms with Gasteiger partial charge in [0.05, 0.1) is 0 Å². The van der Waals surface area contributed by atoms with Gasteiger partial charge in [-0.15, -0.1) is 0 Å². The molecule has 0 aromatic heterocycles. The Kier molecular flexibility index (Phi) is 7.94. The van der Waals surface area contributed by atoms with Crippen molar-refractivity contribution >= 4 is 11.6 Å². The Balaban J connectivity index is 1.46. The number of hydrogen-bond donors (Lipinski definition) is 2. The highest BCUT2D eigenvalue weighted by Gasteiger charge is 2.23. The zero-order chi connectivity index (χ0) is 20.5. The summed E-state index contributed by atoms with van der Waals surface area (Å²) in [6.07, 6.45) is 1.12. The third-order valence-corrected chi connectivity index (χ3v) is 5.66. The van der Waals surface area contributed by atoms with E-state index in [9.17, 15) is 0 Å². The van der Waals surface area contributed by atoms with Crippen LogP contribution >= 0.6 is 0 Å². The Hall–Kier alpha value is -2.53. The van der Waals surface area contributed by atoms with Crippen LogP contribution in [0.5, 0.6) is 0 Å². The maximum Gasteiger partial charge on any atom is 0.191 e. The summed E-state index contributed by atoms with van der Waals surface area (Å²) in [5, 5.41) is 7.04. The number of aliphatic imine (C=N–C) groups is 1. The minimum Gasteiger partial charge on any atom is -0.369 e. The van der Waals surface area contributed by atoms with Crippen LogP contribution in [-0.2, 0) is 13.1 Å².